The molecule has 2 rings (SSSR count). The van der Waals surface area contributed by atoms with Gasteiger partial charge in [0.25, 0.3) is 0 Å². The summed E-state index contributed by atoms with van der Waals surface area (Å²) in [6.45, 7) is 2.71. The number of hydrogen-bond donors (Lipinski definition) is 3. The topological polar surface area (TPSA) is 61.4 Å². The molecular formula is C15H23ClN2O2. The van der Waals surface area contributed by atoms with E-state index in [1.807, 2.05) is 24.3 Å². The maximum absolute atomic E-state index is 11.7. The molecule has 5 heteroatoms. The normalized spacial score (nSPS) is 17.6. The monoisotopic (exact) mass is 298 g/mol. The Balaban J connectivity index is 0.00000200. The number of carbonyl (C=O) groups excluding carboxylic acids is 1. The van der Waals surface area contributed by atoms with Crippen LogP contribution in [0.15, 0.2) is 24.3 Å². The van der Waals surface area contributed by atoms with Gasteiger partial charge in [-0.3, -0.25) is 4.79 Å². The van der Waals surface area contributed by atoms with E-state index in [1.165, 1.54) is 6.42 Å². The fourth-order valence-electron chi connectivity index (χ4n) is 2.42. The molecule has 112 valence electrons. The summed E-state index contributed by atoms with van der Waals surface area (Å²) in [6, 6.07) is 7.65. The summed E-state index contributed by atoms with van der Waals surface area (Å²) in [5.74, 6) is 0.768. The molecule has 0 spiro atoms. The van der Waals surface area contributed by atoms with E-state index in [0.29, 0.717) is 18.9 Å². The van der Waals surface area contributed by atoms with Gasteiger partial charge in [-0.15, -0.1) is 12.4 Å². The van der Waals surface area contributed by atoms with Gasteiger partial charge in [0.2, 0.25) is 5.91 Å². The largest absolute Gasteiger partial charge is 0.392 e. The van der Waals surface area contributed by atoms with E-state index in [0.717, 1.165) is 30.6 Å². The molecule has 0 radical (unpaired) electrons. The van der Waals surface area contributed by atoms with Gasteiger partial charge >= 0.3 is 0 Å². The number of carbonyl (C=O) groups is 1. The first-order valence-corrected chi connectivity index (χ1v) is 6.94. The third kappa shape index (κ3) is 5.49. The molecule has 1 aliphatic rings. The Morgan fingerprint density at radius 1 is 1.40 bits per heavy atom. The van der Waals surface area contributed by atoms with E-state index in [2.05, 4.69) is 10.6 Å². The number of benzene rings is 1. The van der Waals surface area contributed by atoms with Crippen molar-refractivity contribution in [3.63, 3.8) is 0 Å². The van der Waals surface area contributed by atoms with Crippen molar-refractivity contribution in [2.45, 2.75) is 32.4 Å². The Morgan fingerprint density at radius 3 is 2.90 bits per heavy atom. The summed E-state index contributed by atoms with van der Waals surface area (Å²) < 4.78 is 0. The van der Waals surface area contributed by atoms with E-state index >= 15 is 0 Å². The zero-order valence-corrected chi connectivity index (χ0v) is 12.4. The average molecular weight is 299 g/mol. The Labute approximate surface area is 126 Å². The van der Waals surface area contributed by atoms with Gasteiger partial charge in [0.1, 0.15) is 0 Å². The van der Waals surface area contributed by atoms with Crippen molar-refractivity contribution >= 4 is 18.3 Å². The molecule has 1 aromatic rings. The van der Waals surface area contributed by atoms with E-state index in [-0.39, 0.29) is 24.9 Å². The van der Waals surface area contributed by atoms with E-state index in [4.69, 9.17) is 5.11 Å². The summed E-state index contributed by atoms with van der Waals surface area (Å²) in [4.78, 5) is 11.7. The van der Waals surface area contributed by atoms with Crippen LogP contribution < -0.4 is 10.6 Å². The first-order valence-electron chi connectivity index (χ1n) is 6.94. The smallest absolute Gasteiger partial charge is 0.220 e. The van der Waals surface area contributed by atoms with Crippen molar-refractivity contribution in [3.8, 4) is 0 Å². The minimum atomic E-state index is 0. The zero-order valence-electron chi connectivity index (χ0n) is 11.6. The van der Waals surface area contributed by atoms with Crippen LogP contribution in [0.1, 0.15) is 30.4 Å². The molecule has 20 heavy (non-hydrogen) atoms. The van der Waals surface area contributed by atoms with Crippen LogP contribution in [0.3, 0.4) is 0 Å². The molecule has 4 nitrogen and oxygen atoms in total. The maximum Gasteiger partial charge on any atom is 0.220 e. The van der Waals surface area contributed by atoms with Crippen LogP contribution in [-0.4, -0.2) is 24.1 Å². The minimum absolute atomic E-state index is 0. The number of aliphatic hydroxyl groups is 1. The van der Waals surface area contributed by atoms with E-state index in [9.17, 15) is 4.79 Å². The molecule has 1 aliphatic heterocycles. The van der Waals surface area contributed by atoms with Gasteiger partial charge in [0.05, 0.1) is 6.61 Å². The van der Waals surface area contributed by atoms with Crippen molar-refractivity contribution in [1.82, 2.24) is 10.6 Å². The highest BCUT2D eigenvalue weighted by atomic mass is 35.5. The lowest BCUT2D eigenvalue weighted by Gasteiger charge is -2.09. The number of rotatable bonds is 6. The first-order chi connectivity index (χ1) is 9.28. The van der Waals surface area contributed by atoms with Crippen molar-refractivity contribution in [2.75, 3.05) is 13.1 Å². The molecule has 1 amide bonds. The van der Waals surface area contributed by atoms with Crippen LogP contribution in [0.25, 0.3) is 0 Å². The Kier molecular flexibility index (Phi) is 7.59. The lowest BCUT2D eigenvalue weighted by atomic mass is 10.0. The van der Waals surface area contributed by atoms with Gasteiger partial charge in [-0.05, 0) is 43.0 Å². The molecule has 0 saturated carbocycles. The van der Waals surface area contributed by atoms with Gasteiger partial charge < -0.3 is 15.7 Å². The van der Waals surface area contributed by atoms with Crippen molar-refractivity contribution in [2.24, 2.45) is 5.92 Å². The van der Waals surface area contributed by atoms with Crippen molar-refractivity contribution in [1.29, 1.82) is 0 Å². The van der Waals surface area contributed by atoms with Crippen LogP contribution in [0.5, 0.6) is 0 Å². The predicted molar refractivity (Wildman–Crippen MR) is 81.7 cm³/mol. The Bertz CT molecular complexity index is 420. The quantitative estimate of drug-likeness (QED) is 0.748. The molecule has 0 bridgehead atoms. The highest BCUT2D eigenvalue weighted by molar-refractivity contribution is 5.85. The minimum Gasteiger partial charge on any atom is -0.392 e. The zero-order chi connectivity index (χ0) is 13.5. The van der Waals surface area contributed by atoms with Gasteiger partial charge in [-0.2, -0.15) is 0 Å². The number of halogens is 1. The molecular weight excluding hydrogens is 276 g/mol. The van der Waals surface area contributed by atoms with Crippen LogP contribution in [0.4, 0.5) is 0 Å². The number of hydrogen-bond acceptors (Lipinski definition) is 3. The molecule has 0 aromatic heterocycles. The summed E-state index contributed by atoms with van der Waals surface area (Å²) in [7, 11) is 0. The van der Waals surface area contributed by atoms with Gasteiger partial charge in [0.15, 0.2) is 0 Å². The van der Waals surface area contributed by atoms with Crippen LogP contribution >= 0.6 is 12.4 Å². The summed E-state index contributed by atoms with van der Waals surface area (Å²) in [6.07, 6.45) is 2.76. The highest BCUT2D eigenvalue weighted by Crippen LogP contribution is 2.14. The molecule has 1 aromatic carbocycles. The van der Waals surface area contributed by atoms with E-state index < -0.39 is 0 Å². The first kappa shape index (κ1) is 17.0. The molecule has 1 unspecified atom stereocenters. The lowest BCUT2D eigenvalue weighted by Crippen LogP contribution is -2.23. The fourth-order valence-corrected chi connectivity index (χ4v) is 2.42. The van der Waals surface area contributed by atoms with Gasteiger partial charge in [-0.1, -0.05) is 24.3 Å². The standard InChI is InChI=1S/C15H22N2O2.ClH/c18-11-14-3-1-2-13(8-14)10-17-15(19)5-4-12-6-7-16-9-12;/h1-3,8,12,16,18H,4-7,9-11H2,(H,17,19);1H. The molecule has 1 heterocycles. The maximum atomic E-state index is 11.7. The van der Waals surface area contributed by atoms with Crippen LogP contribution in [-0.2, 0) is 17.9 Å². The number of amides is 1. The number of nitrogens with one attached hydrogen (secondary N) is 2. The highest BCUT2D eigenvalue weighted by Gasteiger charge is 2.15. The third-order valence-electron chi connectivity index (χ3n) is 3.61. The Hall–Kier alpha value is -1.10. The second-order valence-corrected chi connectivity index (χ2v) is 5.15. The van der Waals surface area contributed by atoms with Crippen molar-refractivity contribution in [3.05, 3.63) is 35.4 Å². The average Bonchev–Trinajstić information content (AvgIpc) is 2.96. The Morgan fingerprint density at radius 2 is 2.20 bits per heavy atom. The molecule has 1 saturated heterocycles. The summed E-state index contributed by atoms with van der Waals surface area (Å²) in [5, 5.41) is 15.3. The second-order valence-electron chi connectivity index (χ2n) is 5.15. The molecule has 0 aliphatic carbocycles. The fraction of sp³-hybridized carbons (Fsp3) is 0.533. The second kappa shape index (κ2) is 8.95. The molecule has 1 fully saturated rings. The summed E-state index contributed by atoms with van der Waals surface area (Å²) >= 11 is 0. The number of aliphatic hydroxyl groups excluding tert-OH is 1. The van der Waals surface area contributed by atoms with Crippen LogP contribution in [0, 0.1) is 5.92 Å². The lowest BCUT2D eigenvalue weighted by molar-refractivity contribution is -0.121. The summed E-state index contributed by atoms with van der Waals surface area (Å²) in [5.41, 5.74) is 1.91. The third-order valence-corrected chi connectivity index (χ3v) is 3.61. The predicted octanol–water partition coefficient (Wildman–Crippen LogP) is 1.61. The molecule has 1 atom stereocenters. The SMILES string of the molecule is Cl.O=C(CCC1CCNC1)NCc1cccc(CO)c1. The van der Waals surface area contributed by atoms with E-state index in [1.54, 1.807) is 0 Å². The van der Waals surface area contributed by atoms with Gasteiger partial charge in [0, 0.05) is 13.0 Å². The van der Waals surface area contributed by atoms with Gasteiger partial charge in [-0.25, -0.2) is 0 Å². The van der Waals surface area contributed by atoms with Crippen molar-refractivity contribution < 1.29 is 9.90 Å². The molecule has 3 N–H and O–H groups in total. The van der Waals surface area contributed by atoms with Crippen LogP contribution in [0.2, 0.25) is 0 Å².